The van der Waals surface area contributed by atoms with E-state index in [4.69, 9.17) is 4.42 Å². The third kappa shape index (κ3) is 2.49. The van der Waals surface area contributed by atoms with Crippen molar-refractivity contribution in [1.82, 2.24) is 0 Å². The first kappa shape index (κ1) is 15.0. The van der Waals surface area contributed by atoms with E-state index in [0.717, 1.165) is 11.2 Å². The molecule has 1 nitrogen and oxygen atoms in total. The Kier molecular flexibility index (Phi) is 3.39. The second-order valence-corrected chi connectivity index (χ2v) is 6.76. The molecule has 0 atom stereocenters. The molecular weight excluding hydrogens is 316 g/mol. The van der Waals surface area contributed by atoms with E-state index in [0.29, 0.717) is 0 Å². The molecule has 0 spiro atoms. The highest BCUT2D eigenvalue weighted by atomic mass is 16.3. The molecule has 1 heterocycles. The van der Waals surface area contributed by atoms with Gasteiger partial charge in [-0.3, -0.25) is 0 Å². The van der Waals surface area contributed by atoms with Crippen LogP contribution in [0, 0.1) is 6.92 Å². The summed E-state index contributed by atoms with van der Waals surface area (Å²) in [7, 11) is 0. The fraction of sp³-hybridized carbons (Fsp3) is 0.0400. The van der Waals surface area contributed by atoms with Gasteiger partial charge in [0.25, 0.3) is 0 Å². The Bertz CT molecular complexity index is 1230. The van der Waals surface area contributed by atoms with Crippen LogP contribution >= 0.6 is 0 Å². The highest BCUT2D eigenvalue weighted by molar-refractivity contribution is 6.06. The quantitative estimate of drug-likeness (QED) is 0.332. The third-order valence-corrected chi connectivity index (χ3v) is 4.93. The molecule has 26 heavy (non-hydrogen) atoms. The number of rotatable bonds is 2. The van der Waals surface area contributed by atoms with Gasteiger partial charge in [-0.1, -0.05) is 66.2 Å². The standard InChI is InChI=1S/C25H18O/c1-17-10-12-24-22(14-17)23-16-21(11-13-25(23)26-24)20-9-5-8-19(15-20)18-6-3-2-4-7-18/h2-16H,1H3. The van der Waals surface area contributed by atoms with Crippen LogP contribution < -0.4 is 0 Å². The molecule has 1 heteroatoms. The summed E-state index contributed by atoms with van der Waals surface area (Å²) in [6.07, 6.45) is 0. The Balaban J connectivity index is 1.67. The topological polar surface area (TPSA) is 13.1 Å². The van der Waals surface area contributed by atoms with E-state index >= 15 is 0 Å². The summed E-state index contributed by atoms with van der Waals surface area (Å²) >= 11 is 0. The molecule has 0 amide bonds. The molecule has 0 radical (unpaired) electrons. The van der Waals surface area contributed by atoms with Gasteiger partial charge in [-0.2, -0.15) is 0 Å². The highest BCUT2D eigenvalue weighted by Gasteiger charge is 2.09. The lowest BCUT2D eigenvalue weighted by molar-refractivity contribution is 0.669. The van der Waals surface area contributed by atoms with Crippen LogP contribution in [0.4, 0.5) is 0 Å². The van der Waals surface area contributed by atoms with Crippen LogP contribution in [0.25, 0.3) is 44.2 Å². The predicted octanol–water partition coefficient (Wildman–Crippen LogP) is 7.23. The number of aryl methyl sites for hydroxylation is 1. The first-order chi connectivity index (χ1) is 12.8. The van der Waals surface area contributed by atoms with Gasteiger partial charge in [0.05, 0.1) is 0 Å². The molecule has 0 N–H and O–H groups in total. The lowest BCUT2D eigenvalue weighted by Gasteiger charge is -2.06. The Morgan fingerprint density at radius 1 is 0.500 bits per heavy atom. The Morgan fingerprint density at radius 2 is 1.12 bits per heavy atom. The summed E-state index contributed by atoms with van der Waals surface area (Å²) in [5, 5.41) is 2.35. The Labute approximate surface area is 152 Å². The SMILES string of the molecule is Cc1ccc2oc3ccc(-c4cccc(-c5ccccc5)c4)cc3c2c1. The van der Waals surface area contributed by atoms with Crippen molar-refractivity contribution >= 4 is 21.9 Å². The summed E-state index contributed by atoms with van der Waals surface area (Å²) < 4.78 is 5.99. The Hall–Kier alpha value is -3.32. The van der Waals surface area contributed by atoms with E-state index in [1.165, 1.54) is 38.6 Å². The van der Waals surface area contributed by atoms with Crippen molar-refractivity contribution in [1.29, 1.82) is 0 Å². The van der Waals surface area contributed by atoms with Crippen LogP contribution in [0.1, 0.15) is 5.56 Å². The van der Waals surface area contributed by atoms with Crippen LogP contribution in [0.5, 0.6) is 0 Å². The van der Waals surface area contributed by atoms with Gasteiger partial charge in [0.15, 0.2) is 0 Å². The van der Waals surface area contributed by atoms with Gasteiger partial charge in [-0.25, -0.2) is 0 Å². The van der Waals surface area contributed by atoms with Gasteiger partial charge in [0.1, 0.15) is 11.2 Å². The lowest BCUT2D eigenvalue weighted by atomic mass is 9.98. The number of hydrogen-bond donors (Lipinski definition) is 0. The second-order valence-electron chi connectivity index (χ2n) is 6.76. The van der Waals surface area contributed by atoms with Crippen molar-refractivity contribution in [2.45, 2.75) is 6.92 Å². The first-order valence-electron chi connectivity index (χ1n) is 8.87. The maximum Gasteiger partial charge on any atom is 0.135 e. The molecule has 0 saturated carbocycles. The molecule has 5 aromatic rings. The predicted molar refractivity (Wildman–Crippen MR) is 109 cm³/mol. The molecule has 1 aromatic heterocycles. The molecule has 0 bridgehead atoms. The van der Waals surface area contributed by atoms with Crippen LogP contribution in [0.3, 0.4) is 0 Å². The zero-order chi connectivity index (χ0) is 17.5. The molecule has 0 unspecified atom stereocenters. The molecule has 4 aromatic carbocycles. The van der Waals surface area contributed by atoms with Crippen LogP contribution in [0.15, 0.2) is 95.4 Å². The fourth-order valence-electron chi connectivity index (χ4n) is 3.58. The molecule has 0 fully saturated rings. The van der Waals surface area contributed by atoms with Crippen LogP contribution in [-0.4, -0.2) is 0 Å². The molecule has 0 aliphatic rings. The normalized spacial score (nSPS) is 11.3. The summed E-state index contributed by atoms with van der Waals surface area (Å²) in [5.41, 5.74) is 8.02. The van der Waals surface area contributed by atoms with E-state index in [1.807, 2.05) is 6.07 Å². The van der Waals surface area contributed by atoms with E-state index in [2.05, 4.69) is 91.9 Å². The molecule has 0 aliphatic heterocycles. The minimum atomic E-state index is 0.938. The van der Waals surface area contributed by atoms with Crippen LogP contribution in [0.2, 0.25) is 0 Å². The minimum Gasteiger partial charge on any atom is -0.456 e. The monoisotopic (exact) mass is 334 g/mol. The fourth-order valence-corrected chi connectivity index (χ4v) is 3.58. The smallest absolute Gasteiger partial charge is 0.135 e. The zero-order valence-electron chi connectivity index (χ0n) is 14.6. The van der Waals surface area contributed by atoms with Crippen LogP contribution in [-0.2, 0) is 0 Å². The molecule has 5 rings (SSSR count). The molecule has 0 aliphatic carbocycles. The van der Waals surface area contributed by atoms with Crippen molar-refractivity contribution in [2.75, 3.05) is 0 Å². The van der Waals surface area contributed by atoms with E-state index < -0.39 is 0 Å². The van der Waals surface area contributed by atoms with Crippen molar-refractivity contribution in [3.8, 4) is 22.3 Å². The first-order valence-corrected chi connectivity index (χ1v) is 8.87. The van der Waals surface area contributed by atoms with Crippen molar-refractivity contribution in [3.05, 3.63) is 96.6 Å². The zero-order valence-corrected chi connectivity index (χ0v) is 14.6. The van der Waals surface area contributed by atoms with Gasteiger partial charge in [0.2, 0.25) is 0 Å². The number of furan rings is 1. The van der Waals surface area contributed by atoms with Gasteiger partial charge in [-0.15, -0.1) is 0 Å². The number of hydrogen-bond acceptors (Lipinski definition) is 1. The number of fused-ring (bicyclic) bond motifs is 3. The van der Waals surface area contributed by atoms with Gasteiger partial charge >= 0.3 is 0 Å². The maximum atomic E-state index is 5.99. The van der Waals surface area contributed by atoms with Gasteiger partial charge in [-0.05, 0) is 59.5 Å². The summed E-state index contributed by atoms with van der Waals surface area (Å²) in [6.45, 7) is 2.12. The summed E-state index contributed by atoms with van der Waals surface area (Å²) in [4.78, 5) is 0. The third-order valence-electron chi connectivity index (χ3n) is 4.93. The van der Waals surface area contributed by atoms with E-state index in [1.54, 1.807) is 0 Å². The average Bonchev–Trinajstić information content (AvgIpc) is 3.06. The second kappa shape index (κ2) is 5.89. The molecular formula is C25H18O. The molecule has 0 saturated heterocycles. The lowest BCUT2D eigenvalue weighted by Crippen LogP contribution is -1.81. The molecule has 124 valence electrons. The summed E-state index contributed by atoms with van der Waals surface area (Å²) in [5.74, 6) is 0. The summed E-state index contributed by atoms with van der Waals surface area (Å²) in [6, 6.07) is 32.0. The number of benzene rings is 4. The van der Waals surface area contributed by atoms with Gasteiger partial charge in [0, 0.05) is 10.8 Å². The largest absolute Gasteiger partial charge is 0.456 e. The van der Waals surface area contributed by atoms with Gasteiger partial charge < -0.3 is 4.42 Å². The van der Waals surface area contributed by atoms with E-state index in [9.17, 15) is 0 Å². The Morgan fingerprint density at radius 3 is 1.92 bits per heavy atom. The van der Waals surface area contributed by atoms with E-state index in [-0.39, 0.29) is 0 Å². The van der Waals surface area contributed by atoms with Crippen molar-refractivity contribution in [3.63, 3.8) is 0 Å². The van der Waals surface area contributed by atoms with Crippen molar-refractivity contribution in [2.24, 2.45) is 0 Å². The maximum absolute atomic E-state index is 5.99. The minimum absolute atomic E-state index is 0.938. The van der Waals surface area contributed by atoms with Crippen molar-refractivity contribution < 1.29 is 4.42 Å². The highest BCUT2D eigenvalue weighted by Crippen LogP contribution is 2.34. The average molecular weight is 334 g/mol.